The highest BCUT2D eigenvalue weighted by Gasteiger charge is 2.09. The Hall–Kier alpha value is -4.66. The number of carbonyl (C=O) groups excluding carboxylic acids is 1. The first-order chi connectivity index (χ1) is 20.0. The van der Waals surface area contributed by atoms with Gasteiger partial charge < -0.3 is 14.8 Å². The number of methoxy groups -OCH3 is 1. The van der Waals surface area contributed by atoms with Crippen molar-refractivity contribution >= 4 is 45.9 Å². The number of halogens is 1. The summed E-state index contributed by atoms with van der Waals surface area (Å²) < 4.78 is 11.4. The number of aryl methyl sites for hydroxylation is 1. The van der Waals surface area contributed by atoms with Crippen LogP contribution in [0.2, 0.25) is 5.02 Å². The van der Waals surface area contributed by atoms with Gasteiger partial charge in [0.1, 0.15) is 6.61 Å². The summed E-state index contributed by atoms with van der Waals surface area (Å²) in [6, 6.07) is 28.3. The number of hydrogen-bond acceptors (Lipinski definition) is 7. The Bertz CT molecular complexity index is 1670. The minimum absolute atomic E-state index is 0.318. The maximum atomic E-state index is 12.6. The van der Waals surface area contributed by atoms with Crippen LogP contribution in [0.3, 0.4) is 0 Å². The molecular weight excluding hydrogens is 556 g/mol. The molecule has 0 saturated carbocycles. The van der Waals surface area contributed by atoms with Crippen molar-refractivity contribution in [2.45, 2.75) is 13.5 Å². The van der Waals surface area contributed by atoms with E-state index in [-0.39, 0.29) is 5.91 Å². The van der Waals surface area contributed by atoms with Crippen LogP contribution in [-0.2, 0) is 6.61 Å². The summed E-state index contributed by atoms with van der Waals surface area (Å²) in [6.07, 6.45) is 1.55. The van der Waals surface area contributed by atoms with Crippen LogP contribution >= 0.6 is 22.9 Å². The molecule has 0 saturated heterocycles. The number of nitrogens with one attached hydrogen (secondary N) is 2. The Morgan fingerprint density at radius 2 is 1.80 bits per heavy atom. The molecule has 0 bridgehead atoms. The molecule has 0 atom stereocenters. The highest BCUT2D eigenvalue weighted by molar-refractivity contribution is 7.14. The second kappa shape index (κ2) is 13.1. The highest BCUT2D eigenvalue weighted by atomic mass is 35.5. The van der Waals surface area contributed by atoms with Crippen molar-refractivity contribution < 1.29 is 14.3 Å². The maximum absolute atomic E-state index is 12.6. The summed E-state index contributed by atoms with van der Waals surface area (Å²) >= 11 is 7.57. The monoisotopic (exact) mass is 582 g/mol. The number of carbonyl (C=O) groups is 1. The summed E-state index contributed by atoms with van der Waals surface area (Å²) in [6.45, 7) is 2.41. The fourth-order valence-electron chi connectivity index (χ4n) is 3.92. The predicted octanol–water partition coefficient (Wildman–Crippen LogP) is 7.87. The van der Waals surface area contributed by atoms with Gasteiger partial charge in [-0.1, -0.05) is 53.6 Å². The van der Waals surface area contributed by atoms with E-state index in [1.54, 1.807) is 37.6 Å². The van der Waals surface area contributed by atoms with Crippen LogP contribution in [0.5, 0.6) is 11.5 Å². The standard InChI is InChI=1S/C32H27ClN4O3S/c1-21-6-13-27(14-7-21)35-32-36-28(20-41-32)24-9-11-25(12-10-24)31(38)37-34-18-22-8-15-29(30(17-22)39-2)40-19-23-4-3-5-26(33)16-23/h3-18,20H,19H2,1-2H3,(H,35,36)(H,37,38)/b34-18-. The van der Waals surface area contributed by atoms with E-state index in [1.165, 1.54) is 16.9 Å². The summed E-state index contributed by atoms with van der Waals surface area (Å²) in [7, 11) is 1.57. The number of nitrogens with zero attached hydrogens (tertiary/aromatic N) is 2. The number of thiazole rings is 1. The molecule has 0 fully saturated rings. The van der Waals surface area contributed by atoms with E-state index in [4.69, 9.17) is 21.1 Å². The predicted molar refractivity (Wildman–Crippen MR) is 166 cm³/mol. The lowest BCUT2D eigenvalue weighted by Crippen LogP contribution is -2.17. The average Bonchev–Trinajstić information content (AvgIpc) is 3.46. The molecule has 7 nitrogen and oxygen atoms in total. The first-order valence-electron chi connectivity index (χ1n) is 12.8. The van der Waals surface area contributed by atoms with Gasteiger partial charge in [-0.05, 0) is 72.6 Å². The molecule has 0 aliphatic heterocycles. The van der Waals surface area contributed by atoms with E-state index >= 15 is 0 Å². The third-order valence-electron chi connectivity index (χ3n) is 6.10. The number of hydrazone groups is 1. The van der Waals surface area contributed by atoms with Crippen molar-refractivity contribution in [2.75, 3.05) is 12.4 Å². The van der Waals surface area contributed by atoms with Gasteiger partial charge in [0, 0.05) is 27.2 Å². The van der Waals surface area contributed by atoms with Gasteiger partial charge in [-0.25, -0.2) is 10.4 Å². The van der Waals surface area contributed by atoms with Crippen molar-refractivity contribution in [3.63, 3.8) is 0 Å². The summed E-state index contributed by atoms with van der Waals surface area (Å²) in [5.74, 6) is 0.824. The fourth-order valence-corrected chi connectivity index (χ4v) is 4.87. The van der Waals surface area contributed by atoms with Gasteiger partial charge in [0.15, 0.2) is 16.6 Å². The minimum Gasteiger partial charge on any atom is -0.493 e. The third kappa shape index (κ3) is 7.51. The SMILES string of the molecule is COc1cc(/C=N\NC(=O)c2ccc(-c3csc(Nc4ccc(C)cc4)n3)cc2)ccc1OCc1cccc(Cl)c1. The molecule has 9 heteroatoms. The van der Waals surface area contributed by atoms with Crippen molar-refractivity contribution in [1.29, 1.82) is 0 Å². The van der Waals surface area contributed by atoms with Crippen LogP contribution < -0.4 is 20.2 Å². The summed E-state index contributed by atoms with van der Waals surface area (Å²) in [4.78, 5) is 17.3. The number of rotatable bonds is 10. The van der Waals surface area contributed by atoms with Crippen molar-refractivity contribution in [3.05, 3.63) is 124 Å². The Kier molecular flexibility index (Phi) is 8.93. The minimum atomic E-state index is -0.318. The van der Waals surface area contributed by atoms with E-state index in [9.17, 15) is 4.79 Å². The Balaban J connectivity index is 1.16. The number of anilines is 2. The summed E-state index contributed by atoms with van der Waals surface area (Å²) in [5.41, 5.74) is 8.70. The first-order valence-corrected chi connectivity index (χ1v) is 14.0. The number of amides is 1. The topological polar surface area (TPSA) is 84.8 Å². The van der Waals surface area contributed by atoms with Crippen LogP contribution in [0.25, 0.3) is 11.3 Å². The van der Waals surface area contributed by atoms with E-state index in [0.29, 0.717) is 28.7 Å². The largest absolute Gasteiger partial charge is 0.493 e. The van der Waals surface area contributed by atoms with Crippen LogP contribution in [-0.4, -0.2) is 24.2 Å². The lowest BCUT2D eigenvalue weighted by molar-refractivity contribution is 0.0955. The molecule has 0 aliphatic rings. The molecule has 1 aromatic heterocycles. The lowest BCUT2D eigenvalue weighted by atomic mass is 10.1. The normalized spacial score (nSPS) is 10.9. The Labute approximate surface area is 247 Å². The zero-order chi connectivity index (χ0) is 28.6. The molecule has 4 aromatic carbocycles. The Morgan fingerprint density at radius 1 is 1.00 bits per heavy atom. The van der Waals surface area contributed by atoms with E-state index in [1.807, 2.05) is 60.0 Å². The number of ether oxygens (including phenoxy) is 2. The molecule has 0 spiro atoms. The molecule has 0 unspecified atom stereocenters. The van der Waals surface area contributed by atoms with E-state index < -0.39 is 0 Å². The zero-order valence-corrected chi connectivity index (χ0v) is 24.0. The van der Waals surface area contributed by atoms with Gasteiger partial charge in [-0.3, -0.25) is 4.79 Å². The van der Waals surface area contributed by atoms with E-state index in [0.717, 1.165) is 33.2 Å². The zero-order valence-electron chi connectivity index (χ0n) is 22.4. The number of hydrogen-bond donors (Lipinski definition) is 2. The molecule has 5 rings (SSSR count). The van der Waals surface area contributed by atoms with Crippen LogP contribution in [0.4, 0.5) is 10.8 Å². The fraction of sp³-hybridized carbons (Fsp3) is 0.0938. The first kappa shape index (κ1) is 27.9. The third-order valence-corrected chi connectivity index (χ3v) is 7.09. The van der Waals surface area contributed by atoms with Gasteiger partial charge in [-0.15, -0.1) is 11.3 Å². The van der Waals surface area contributed by atoms with Gasteiger partial charge in [0.05, 0.1) is 19.0 Å². The van der Waals surface area contributed by atoms with Crippen LogP contribution in [0.1, 0.15) is 27.0 Å². The van der Waals surface area contributed by atoms with E-state index in [2.05, 4.69) is 39.9 Å². The van der Waals surface area contributed by atoms with Crippen molar-refractivity contribution in [3.8, 4) is 22.8 Å². The maximum Gasteiger partial charge on any atom is 0.271 e. The second-order valence-corrected chi connectivity index (χ2v) is 10.4. The average molecular weight is 583 g/mol. The van der Waals surface area contributed by atoms with Crippen LogP contribution in [0, 0.1) is 6.92 Å². The Morgan fingerprint density at radius 3 is 2.56 bits per heavy atom. The molecule has 5 aromatic rings. The summed E-state index contributed by atoms with van der Waals surface area (Å²) in [5, 5.41) is 10.9. The molecule has 1 amide bonds. The molecule has 0 radical (unpaired) electrons. The number of benzene rings is 4. The molecule has 206 valence electrons. The van der Waals surface area contributed by atoms with Gasteiger partial charge in [-0.2, -0.15) is 5.10 Å². The van der Waals surface area contributed by atoms with Gasteiger partial charge in [0.25, 0.3) is 5.91 Å². The number of aromatic nitrogens is 1. The molecule has 0 aliphatic carbocycles. The van der Waals surface area contributed by atoms with Crippen LogP contribution in [0.15, 0.2) is 101 Å². The molecule has 1 heterocycles. The second-order valence-electron chi connectivity index (χ2n) is 9.13. The smallest absolute Gasteiger partial charge is 0.271 e. The van der Waals surface area contributed by atoms with Gasteiger partial charge >= 0.3 is 0 Å². The molecule has 2 N–H and O–H groups in total. The molecule has 41 heavy (non-hydrogen) atoms. The van der Waals surface area contributed by atoms with Crippen molar-refractivity contribution in [2.24, 2.45) is 5.10 Å². The quantitative estimate of drug-likeness (QED) is 0.129. The highest BCUT2D eigenvalue weighted by Crippen LogP contribution is 2.29. The molecular formula is C32H27ClN4O3S. The lowest BCUT2D eigenvalue weighted by Gasteiger charge is -2.11. The van der Waals surface area contributed by atoms with Crippen molar-refractivity contribution in [1.82, 2.24) is 10.4 Å². The van der Waals surface area contributed by atoms with Gasteiger partial charge in [0.2, 0.25) is 0 Å².